The number of nitrogens with zero attached hydrogens (tertiary/aromatic N) is 5. The number of anilines is 1. The van der Waals surface area contributed by atoms with Crippen LogP contribution in [-0.2, 0) is 6.18 Å². The monoisotopic (exact) mass is 474 g/mol. The zero-order valence-corrected chi connectivity index (χ0v) is 19.9. The highest BCUT2D eigenvalue weighted by molar-refractivity contribution is 5.99. The van der Waals surface area contributed by atoms with Gasteiger partial charge < -0.3 is 10.2 Å². The molecule has 0 aliphatic heterocycles. The number of nitrogens with one attached hydrogen (secondary N) is 1. The number of amides is 1. The summed E-state index contributed by atoms with van der Waals surface area (Å²) in [5, 5.41) is 2.88. The molecule has 182 valence electrons. The van der Waals surface area contributed by atoms with E-state index in [1.807, 2.05) is 58.0 Å². The van der Waals surface area contributed by atoms with Crippen LogP contribution < -0.4 is 5.32 Å². The fourth-order valence-electron chi connectivity index (χ4n) is 3.17. The summed E-state index contributed by atoms with van der Waals surface area (Å²) in [7, 11) is 0. The van der Waals surface area contributed by atoms with Crippen molar-refractivity contribution < 1.29 is 18.0 Å². The number of aromatic nitrogens is 4. The van der Waals surface area contributed by atoms with Crippen molar-refractivity contribution in [3.63, 3.8) is 0 Å². The van der Waals surface area contributed by atoms with E-state index in [1.165, 1.54) is 6.20 Å². The second kappa shape index (κ2) is 12.1. The Hall–Kier alpha value is -3.56. The molecule has 0 saturated heterocycles. The molecule has 0 aliphatic rings. The van der Waals surface area contributed by atoms with Gasteiger partial charge in [-0.1, -0.05) is 44.2 Å². The SMILES string of the molecule is CC.CCN(C(=O)c1cnc(C)nc1-c1ccccc1)C(C)CNc1ncc(C(F)(F)F)cn1. The average Bonchev–Trinajstić information content (AvgIpc) is 2.84. The molecule has 2 aromatic heterocycles. The maximum absolute atomic E-state index is 13.4. The highest BCUT2D eigenvalue weighted by Crippen LogP contribution is 2.28. The molecule has 7 nitrogen and oxygen atoms in total. The maximum atomic E-state index is 13.4. The molecule has 10 heteroatoms. The zero-order chi connectivity index (χ0) is 25.3. The third kappa shape index (κ3) is 6.72. The van der Waals surface area contributed by atoms with Crippen molar-refractivity contribution in [1.29, 1.82) is 0 Å². The lowest BCUT2D eigenvalue weighted by Gasteiger charge is -2.29. The van der Waals surface area contributed by atoms with Crippen molar-refractivity contribution in [2.45, 2.75) is 46.8 Å². The Morgan fingerprint density at radius 2 is 1.68 bits per heavy atom. The van der Waals surface area contributed by atoms with Gasteiger partial charge in [0, 0.05) is 43.3 Å². The third-order valence-electron chi connectivity index (χ3n) is 4.86. The van der Waals surface area contributed by atoms with Gasteiger partial charge in [0.15, 0.2) is 0 Å². The molecule has 2 heterocycles. The van der Waals surface area contributed by atoms with Crippen molar-refractivity contribution in [1.82, 2.24) is 24.8 Å². The van der Waals surface area contributed by atoms with Crippen LogP contribution in [0.4, 0.5) is 19.1 Å². The van der Waals surface area contributed by atoms with Crippen LogP contribution in [0.5, 0.6) is 0 Å². The number of hydrogen-bond donors (Lipinski definition) is 1. The minimum absolute atomic E-state index is 0.0528. The Balaban J connectivity index is 0.00000199. The summed E-state index contributed by atoms with van der Waals surface area (Å²) in [6.07, 6.45) is -1.53. The molecule has 34 heavy (non-hydrogen) atoms. The fourth-order valence-corrected chi connectivity index (χ4v) is 3.17. The number of carbonyl (C=O) groups is 1. The molecule has 1 amide bonds. The van der Waals surface area contributed by atoms with Gasteiger partial charge in [-0.3, -0.25) is 4.79 Å². The standard InChI is InChI=1S/C22H23F3N6O.C2H6/c1-4-31(14(2)10-27-21-28-11-17(12-29-21)22(23,24)25)20(32)18-13-26-15(3)30-19(18)16-8-6-5-7-9-16;1-2/h5-9,11-14H,4,10H2,1-3H3,(H,27,28,29);1-2H3. The van der Waals surface area contributed by atoms with E-state index in [1.54, 1.807) is 11.8 Å². The number of hydrogen-bond acceptors (Lipinski definition) is 6. The van der Waals surface area contributed by atoms with E-state index in [0.29, 0.717) is 23.6 Å². The van der Waals surface area contributed by atoms with Crippen LogP contribution in [0.25, 0.3) is 11.3 Å². The lowest BCUT2D eigenvalue weighted by atomic mass is 10.1. The first-order valence-electron chi connectivity index (χ1n) is 11.0. The van der Waals surface area contributed by atoms with E-state index in [4.69, 9.17) is 0 Å². The molecule has 0 spiro atoms. The van der Waals surface area contributed by atoms with Crippen molar-refractivity contribution in [3.8, 4) is 11.3 Å². The normalized spacial score (nSPS) is 11.8. The molecule has 1 unspecified atom stereocenters. The zero-order valence-electron chi connectivity index (χ0n) is 19.9. The van der Waals surface area contributed by atoms with Crippen LogP contribution in [0.2, 0.25) is 0 Å². The van der Waals surface area contributed by atoms with Gasteiger partial charge in [-0.05, 0) is 20.8 Å². The number of alkyl halides is 3. The van der Waals surface area contributed by atoms with Crippen LogP contribution in [0.3, 0.4) is 0 Å². The molecule has 1 aromatic carbocycles. The second-order valence-corrected chi connectivity index (χ2v) is 7.16. The quantitative estimate of drug-likeness (QED) is 0.504. The van der Waals surface area contributed by atoms with Crippen molar-refractivity contribution in [2.24, 2.45) is 0 Å². The topological polar surface area (TPSA) is 83.9 Å². The summed E-state index contributed by atoms with van der Waals surface area (Å²) < 4.78 is 38.0. The Morgan fingerprint density at radius 1 is 1.06 bits per heavy atom. The molecule has 3 aromatic rings. The van der Waals surface area contributed by atoms with Gasteiger partial charge in [0.1, 0.15) is 5.82 Å². The summed E-state index contributed by atoms with van der Waals surface area (Å²) in [5.74, 6) is 0.364. The summed E-state index contributed by atoms with van der Waals surface area (Å²) in [6, 6.07) is 9.07. The molecule has 3 rings (SSSR count). The van der Waals surface area contributed by atoms with E-state index in [0.717, 1.165) is 18.0 Å². The molecule has 1 atom stereocenters. The molecule has 1 N–H and O–H groups in total. The van der Waals surface area contributed by atoms with E-state index in [-0.39, 0.29) is 24.4 Å². The molecule has 0 radical (unpaired) electrons. The van der Waals surface area contributed by atoms with Gasteiger partial charge in [0.05, 0.1) is 16.8 Å². The Kier molecular flexibility index (Phi) is 9.47. The molecule has 0 aliphatic carbocycles. The van der Waals surface area contributed by atoms with Crippen LogP contribution in [0.1, 0.15) is 49.4 Å². The van der Waals surface area contributed by atoms with E-state index < -0.39 is 11.7 Å². The highest BCUT2D eigenvalue weighted by Gasteiger charge is 2.31. The second-order valence-electron chi connectivity index (χ2n) is 7.16. The first-order chi connectivity index (χ1) is 16.2. The van der Waals surface area contributed by atoms with Gasteiger partial charge >= 0.3 is 6.18 Å². The first-order valence-corrected chi connectivity index (χ1v) is 11.0. The predicted molar refractivity (Wildman–Crippen MR) is 125 cm³/mol. The number of aryl methyl sites for hydroxylation is 1. The molecular weight excluding hydrogens is 445 g/mol. The van der Waals surface area contributed by atoms with Crippen molar-refractivity contribution >= 4 is 11.9 Å². The number of benzene rings is 1. The van der Waals surface area contributed by atoms with Gasteiger partial charge in [-0.15, -0.1) is 0 Å². The summed E-state index contributed by atoms with van der Waals surface area (Å²) in [4.78, 5) is 31.1. The van der Waals surface area contributed by atoms with Crippen LogP contribution in [0, 0.1) is 6.92 Å². The van der Waals surface area contributed by atoms with Crippen LogP contribution >= 0.6 is 0 Å². The summed E-state index contributed by atoms with van der Waals surface area (Å²) in [5.41, 5.74) is 0.810. The number of rotatable bonds is 7. The number of carbonyl (C=O) groups excluding carboxylic acids is 1. The molecular formula is C24H29F3N6O. The molecule has 0 fully saturated rings. The summed E-state index contributed by atoms with van der Waals surface area (Å²) >= 11 is 0. The number of halogens is 3. The van der Waals surface area contributed by atoms with Crippen LogP contribution in [-0.4, -0.2) is 49.9 Å². The lowest BCUT2D eigenvalue weighted by Crippen LogP contribution is -2.42. The lowest BCUT2D eigenvalue weighted by molar-refractivity contribution is -0.138. The van der Waals surface area contributed by atoms with Crippen LogP contribution in [0.15, 0.2) is 48.9 Å². The van der Waals surface area contributed by atoms with Crippen molar-refractivity contribution in [2.75, 3.05) is 18.4 Å². The van der Waals surface area contributed by atoms with Gasteiger partial charge in [-0.2, -0.15) is 13.2 Å². The average molecular weight is 475 g/mol. The van der Waals surface area contributed by atoms with Gasteiger partial charge in [-0.25, -0.2) is 19.9 Å². The summed E-state index contributed by atoms with van der Waals surface area (Å²) in [6.45, 7) is 10.1. The van der Waals surface area contributed by atoms with Gasteiger partial charge in [0.25, 0.3) is 5.91 Å². The predicted octanol–water partition coefficient (Wildman–Crippen LogP) is 5.25. The van der Waals surface area contributed by atoms with E-state index >= 15 is 0 Å². The van der Waals surface area contributed by atoms with Gasteiger partial charge in [0.2, 0.25) is 5.95 Å². The Bertz CT molecular complexity index is 1060. The third-order valence-corrected chi connectivity index (χ3v) is 4.86. The minimum atomic E-state index is -4.50. The molecule has 0 bridgehead atoms. The minimum Gasteiger partial charge on any atom is -0.352 e. The Labute approximate surface area is 197 Å². The largest absolute Gasteiger partial charge is 0.419 e. The molecule has 0 saturated carbocycles. The smallest absolute Gasteiger partial charge is 0.352 e. The Morgan fingerprint density at radius 3 is 2.24 bits per heavy atom. The number of likely N-dealkylation sites (N-methyl/N-ethyl adjacent to an activating group) is 1. The van der Waals surface area contributed by atoms with E-state index in [2.05, 4.69) is 25.3 Å². The van der Waals surface area contributed by atoms with E-state index in [9.17, 15) is 18.0 Å². The fraction of sp³-hybridized carbons (Fsp3) is 0.375. The van der Waals surface area contributed by atoms with Crippen molar-refractivity contribution in [3.05, 3.63) is 65.9 Å². The highest BCUT2D eigenvalue weighted by atomic mass is 19.4. The maximum Gasteiger partial charge on any atom is 0.419 e. The first kappa shape index (κ1) is 26.7.